The quantitative estimate of drug-likeness (QED) is 0.589. The molecule has 2 aliphatic rings. The van der Waals surface area contributed by atoms with Crippen LogP contribution in [0.4, 0.5) is 14.5 Å². The average molecular weight is 458 g/mol. The van der Waals surface area contributed by atoms with Crippen molar-refractivity contribution in [3.8, 4) is 0 Å². The van der Waals surface area contributed by atoms with Gasteiger partial charge >= 0.3 is 5.97 Å². The number of piperazine rings is 1. The van der Waals surface area contributed by atoms with E-state index in [-0.39, 0.29) is 17.6 Å². The van der Waals surface area contributed by atoms with Crippen molar-refractivity contribution in [2.24, 2.45) is 5.92 Å². The Hall–Kier alpha value is -2.51. The standard InChI is InChI=1S/C26H33F2N3O2/c1-33-26(32)11-10-21-19-29(18-20-6-2-3-7-22(20)27)13-12-24(21)30-14-16-31(17-15-30)25-9-5-4-8-23(25)28/h2-9,21,24H,10-19H2,1H3/t21-,24+/m1/s1. The molecule has 178 valence electrons. The zero-order chi connectivity index (χ0) is 23.2. The van der Waals surface area contributed by atoms with E-state index in [9.17, 15) is 13.6 Å². The predicted molar refractivity (Wildman–Crippen MR) is 125 cm³/mol. The van der Waals surface area contributed by atoms with Crippen LogP contribution >= 0.6 is 0 Å². The number of methoxy groups -OCH3 is 1. The number of likely N-dealkylation sites (tertiary alicyclic amines) is 1. The molecule has 2 atom stereocenters. The van der Waals surface area contributed by atoms with Gasteiger partial charge in [-0.25, -0.2) is 8.78 Å². The number of hydrogen-bond donors (Lipinski definition) is 0. The Labute approximate surface area is 194 Å². The first-order valence-corrected chi connectivity index (χ1v) is 11.8. The van der Waals surface area contributed by atoms with Gasteiger partial charge in [0.25, 0.3) is 0 Å². The number of piperidine rings is 1. The molecule has 0 saturated carbocycles. The number of esters is 1. The smallest absolute Gasteiger partial charge is 0.305 e. The number of para-hydroxylation sites is 1. The van der Waals surface area contributed by atoms with Crippen LogP contribution in [0.15, 0.2) is 48.5 Å². The number of anilines is 1. The molecule has 2 aromatic rings. The molecule has 0 amide bonds. The SMILES string of the molecule is COC(=O)CC[C@@H]1CN(Cc2ccccc2F)CC[C@@H]1N1CCN(c2ccccc2F)CC1. The van der Waals surface area contributed by atoms with E-state index in [0.717, 1.165) is 52.1 Å². The maximum Gasteiger partial charge on any atom is 0.305 e. The summed E-state index contributed by atoms with van der Waals surface area (Å²) < 4.78 is 33.3. The highest BCUT2D eigenvalue weighted by molar-refractivity contribution is 5.69. The van der Waals surface area contributed by atoms with Crippen molar-refractivity contribution in [1.82, 2.24) is 9.80 Å². The van der Waals surface area contributed by atoms with E-state index in [0.29, 0.717) is 36.2 Å². The van der Waals surface area contributed by atoms with Crippen molar-refractivity contribution in [2.45, 2.75) is 31.8 Å². The molecule has 0 bridgehead atoms. The first-order valence-electron chi connectivity index (χ1n) is 11.8. The Kier molecular flexibility index (Phi) is 7.93. The molecule has 4 rings (SSSR count). The molecule has 7 heteroatoms. The van der Waals surface area contributed by atoms with Crippen molar-refractivity contribution < 1.29 is 18.3 Å². The van der Waals surface area contributed by atoms with Crippen LogP contribution in [0.5, 0.6) is 0 Å². The zero-order valence-corrected chi connectivity index (χ0v) is 19.3. The third-order valence-corrected chi connectivity index (χ3v) is 7.05. The molecule has 2 aromatic carbocycles. The highest BCUT2D eigenvalue weighted by Gasteiger charge is 2.35. The van der Waals surface area contributed by atoms with Gasteiger partial charge < -0.3 is 9.64 Å². The van der Waals surface area contributed by atoms with Crippen LogP contribution in [0, 0.1) is 17.6 Å². The third kappa shape index (κ3) is 5.89. The molecule has 0 spiro atoms. The zero-order valence-electron chi connectivity index (χ0n) is 19.3. The van der Waals surface area contributed by atoms with Gasteiger partial charge in [0.2, 0.25) is 0 Å². The summed E-state index contributed by atoms with van der Waals surface area (Å²) in [5, 5.41) is 0. The molecule has 2 heterocycles. The number of carbonyl (C=O) groups is 1. The molecule has 0 unspecified atom stereocenters. The second kappa shape index (κ2) is 11.1. The molecule has 5 nitrogen and oxygen atoms in total. The number of hydrogen-bond acceptors (Lipinski definition) is 5. The Morgan fingerprint density at radius 1 is 0.970 bits per heavy atom. The van der Waals surface area contributed by atoms with Crippen LogP contribution in [0.1, 0.15) is 24.8 Å². The summed E-state index contributed by atoms with van der Waals surface area (Å²) in [6, 6.07) is 14.2. The number of halogens is 2. The summed E-state index contributed by atoms with van der Waals surface area (Å²) in [6.45, 7) is 5.57. The number of carbonyl (C=O) groups excluding carboxylic acids is 1. The fraction of sp³-hybridized carbons (Fsp3) is 0.500. The summed E-state index contributed by atoms with van der Waals surface area (Å²) in [5.74, 6) is -0.243. The Balaban J connectivity index is 1.40. The maximum atomic E-state index is 14.2. The Morgan fingerprint density at radius 2 is 1.67 bits per heavy atom. The highest BCUT2D eigenvalue weighted by atomic mass is 19.1. The Morgan fingerprint density at radius 3 is 2.36 bits per heavy atom. The molecule has 2 saturated heterocycles. The monoisotopic (exact) mass is 457 g/mol. The largest absolute Gasteiger partial charge is 0.469 e. The second-order valence-corrected chi connectivity index (χ2v) is 9.03. The van der Waals surface area contributed by atoms with Gasteiger partial charge in [0, 0.05) is 57.3 Å². The lowest BCUT2D eigenvalue weighted by Gasteiger charge is -2.47. The van der Waals surface area contributed by atoms with Crippen molar-refractivity contribution >= 4 is 11.7 Å². The van der Waals surface area contributed by atoms with Crippen LogP contribution < -0.4 is 4.90 Å². The first kappa shape index (κ1) is 23.6. The van der Waals surface area contributed by atoms with Crippen LogP contribution in [0.3, 0.4) is 0 Å². The summed E-state index contributed by atoms with van der Waals surface area (Å²) in [5.41, 5.74) is 1.38. The van der Waals surface area contributed by atoms with E-state index < -0.39 is 0 Å². The highest BCUT2D eigenvalue weighted by Crippen LogP contribution is 2.30. The lowest BCUT2D eigenvalue weighted by molar-refractivity contribution is -0.141. The third-order valence-electron chi connectivity index (χ3n) is 7.05. The average Bonchev–Trinajstić information content (AvgIpc) is 2.84. The fourth-order valence-electron chi connectivity index (χ4n) is 5.28. The number of benzene rings is 2. The van der Waals surface area contributed by atoms with E-state index in [1.165, 1.54) is 19.2 Å². The first-order chi connectivity index (χ1) is 16.0. The van der Waals surface area contributed by atoms with Gasteiger partial charge in [-0.15, -0.1) is 0 Å². The van der Waals surface area contributed by atoms with E-state index in [4.69, 9.17) is 4.74 Å². The minimum atomic E-state index is -0.190. The lowest BCUT2D eigenvalue weighted by Crippen LogP contribution is -2.56. The molecule has 0 aliphatic carbocycles. The minimum Gasteiger partial charge on any atom is -0.469 e. The minimum absolute atomic E-state index is 0.171. The van der Waals surface area contributed by atoms with Crippen molar-refractivity contribution in [2.75, 3.05) is 51.3 Å². The number of ether oxygens (including phenoxy) is 1. The summed E-state index contributed by atoms with van der Waals surface area (Å²) in [4.78, 5) is 18.8. The van der Waals surface area contributed by atoms with Crippen molar-refractivity contribution in [1.29, 1.82) is 0 Å². The van der Waals surface area contributed by atoms with E-state index >= 15 is 0 Å². The Bertz CT molecular complexity index is 933. The normalized spacial score (nSPS) is 22.3. The summed E-state index contributed by atoms with van der Waals surface area (Å²) >= 11 is 0. The van der Waals surface area contributed by atoms with Crippen LogP contribution in [-0.2, 0) is 16.1 Å². The van der Waals surface area contributed by atoms with E-state index in [1.54, 1.807) is 12.1 Å². The van der Waals surface area contributed by atoms with Crippen LogP contribution in [0.25, 0.3) is 0 Å². The van der Waals surface area contributed by atoms with Gasteiger partial charge in [-0.1, -0.05) is 30.3 Å². The van der Waals surface area contributed by atoms with Gasteiger partial charge in [0.1, 0.15) is 11.6 Å². The molecule has 0 radical (unpaired) electrons. The number of nitrogens with zero attached hydrogens (tertiary/aromatic N) is 3. The fourth-order valence-corrected chi connectivity index (χ4v) is 5.28. The maximum absolute atomic E-state index is 14.2. The van der Waals surface area contributed by atoms with Crippen molar-refractivity contribution in [3.63, 3.8) is 0 Å². The van der Waals surface area contributed by atoms with E-state index in [1.807, 2.05) is 24.3 Å². The molecular formula is C26H33F2N3O2. The second-order valence-electron chi connectivity index (χ2n) is 9.03. The van der Waals surface area contributed by atoms with Crippen LogP contribution in [0.2, 0.25) is 0 Å². The van der Waals surface area contributed by atoms with Gasteiger partial charge in [-0.05, 0) is 43.5 Å². The molecule has 0 N–H and O–H groups in total. The molecule has 0 aromatic heterocycles. The van der Waals surface area contributed by atoms with Gasteiger partial charge in [0.05, 0.1) is 12.8 Å². The topological polar surface area (TPSA) is 36.0 Å². The molecule has 2 fully saturated rings. The molecule has 33 heavy (non-hydrogen) atoms. The molecule has 2 aliphatic heterocycles. The molecular weight excluding hydrogens is 424 g/mol. The lowest BCUT2D eigenvalue weighted by atomic mass is 9.86. The predicted octanol–water partition coefficient (Wildman–Crippen LogP) is 3.93. The van der Waals surface area contributed by atoms with Gasteiger partial charge in [0.15, 0.2) is 0 Å². The van der Waals surface area contributed by atoms with Gasteiger partial charge in [-0.3, -0.25) is 14.6 Å². The van der Waals surface area contributed by atoms with Gasteiger partial charge in [-0.2, -0.15) is 0 Å². The summed E-state index contributed by atoms with van der Waals surface area (Å²) in [7, 11) is 1.42. The summed E-state index contributed by atoms with van der Waals surface area (Å²) in [6.07, 6.45) is 2.11. The number of rotatable bonds is 7. The van der Waals surface area contributed by atoms with Crippen LogP contribution in [-0.4, -0.2) is 68.2 Å². The van der Waals surface area contributed by atoms with Crippen molar-refractivity contribution in [3.05, 3.63) is 65.7 Å². The van der Waals surface area contributed by atoms with E-state index in [2.05, 4.69) is 14.7 Å².